The van der Waals surface area contributed by atoms with Crippen molar-refractivity contribution in [3.63, 3.8) is 0 Å². The highest BCUT2D eigenvalue weighted by molar-refractivity contribution is 7.89. The highest BCUT2D eigenvalue weighted by Gasteiger charge is 2.29. The van der Waals surface area contributed by atoms with E-state index in [1.54, 1.807) is 18.7 Å². The summed E-state index contributed by atoms with van der Waals surface area (Å²) >= 11 is 0. The van der Waals surface area contributed by atoms with Gasteiger partial charge in [-0.05, 0) is 50.8 Å². The molecule has 9 heteroatoms. The van der Waals surface area contributed by atoms with Crippen LogP contribution in [0.1, 0.15) is 43.1 Å². The minimum atomic E-state index is -3.64. The van der Waals surface area contributed by atoms with Crippen molar-refractivity contribution in [3.8, 4) is 5.75 Å². The molecule has 2 heterocycles. The Morgan fingerprint density at radius 1 is 1.23 bits per heavy atom. The minimum Gasteiger partial charge on any atom is -0.484 e. The first-order valence-electron chi connectivity index (χ1n) is 10.3. The van der Waals surface area contributed by atoms with Gasteiger partial charge in [-0.15, -0.1) is 0 Å². The van der Waals surface area contributed by atoms with Gasteiger partial charge in [-0.1, -0.05) is 25.5 Å². The van der Waals surface area contributed by atoms with E-state index in [2.05, 4.69) is 21.8 Å². The molecule has 0 aliphatic carbocycles. The molecular formula is C21H30N4O4S. The van der Waals surface area contributed by atoms with E-state index in [0.717, 1.165) is 12.8 Å². The van der Waals surface area contributed by atoms with Crippen molar-refractivity contribution in [3.05, 3.63) is 41.2 Å². The molecule has 0 saturated carbocycles. The molecule has 0 spiro atoms. The van der Waals surface area contributed by atoms with Gasteiger partial charge in [-0.3, -0.25) is 9.89 Å². The number of carbonyl (C=O) groups excluding carboxylic acids is 1. The lowest BCUT2D eigenvalue weighted by atomic mass is 10.1. The summed E-state index contributed by atoms with van der Waals surface area (Å²) in [5, 5.41) is 6.66. The molecule has 30 heavy (non-hydrogen) atoms. The van der Waals surface area contributed by atoms with Crippen LogP contribution in [0.25, 0.3) is 0 Å². The van der Waals surface area contributed by atoms with Crippen LogP contribution >= 0.6 is 0 Å². The van der Waals surface area contributed by atoms with Gasteiger partial charge in [-0.25, -0.2) is 13.1 Å². The van der Waals surface area contributed by atoms with E-state index in [4.69, 9.17) is 4.74 Å². The highest BCUT2D eigenvalue weighted by atomic mass is 32.2. The van der Waals surface area contributed by atoms with Gasteiger partial charge >= 0.3 is 0 Å². The molecule has 164 valence electrons. The number of piperidine rings is 1. The van der Waals surface area contributed by atoms with Crippen molar-refractivity contribution < 1.29 is 17.9 Å². The zero-order valence-electron chi connectivity index (χ0n) is 17.8. The van der Waals surface area contributed by atoms with Gasteiger partial charge < -0.3 is 9.64 Å². The average Bonchev–Trinajstić information content (AvgIpc) is 3.07. The zero-order chi connectivity index (χ0) is 21.7. The molecule has 8 nitrogen and oxygen atoms in total. The molecule has 1 saturated heterocycles. The number of carbonyl (C=O) groups is 1. The number of likely N-dealkylation sites (tertiary alicyclic amines) is 1. The molecule has 1 aromatic heterocycles. The maximum Gasteiger partial charge on any atom is 0.260 e. The van der Waals surface area contributed by atoms with Crippen LogP contribution in [0.3, 0.4) is 0 Å². The third-order valence-electron chi connectivity index (χ3n) is 5.32. The maximum atomic E-state index is 12.7. The lowest BCUT2D eigenvalue weighted by Crippen LogP contribution is -2.47. The number of nitrogens with zero attached hydrogens (tertiary/aromatic N) is 2. The number of rotatable bonds is 8. The van der Waals surface area contributed by atoms with Gasteiger partial charge in [0.1, 0.15) is 10.6 Å². The lowest BCUT2D eigenvalue weighted by Gasteiger charge is -2.32. The van der Waals surface area contributed by atoms with Crippen LogP contribution in [-0.4, -0.2) is 55.2 Å². The number of amides is 1. The number of nitrogens with one attached hydrogen (secondary N) is 2. The Labute approximate surface area is 178 Å². The van der Waals surface area contributed by atoms with Crippen LogP contribution in [0.15, 0.2) is 29.2 Å². The summed E-state index contributed by atoms with van der Waals surface area (Å²) in [6, 6.07) is 7.60. The third-order valence-corrected chi connectivity index (χ3v) is 7.11. The van der Waals surface area contributed by atoms with Crippen molar-refractivity contribution >= 4 is 15.9 Å². The number of sulfonamides is 1. The minimum absolute atomic E-state index is 0.0169. The Hall–Kier alpha value is -2.39. The molecule has 1 aliphatic heterocycles. The van der Waals surface area contributed by atoms with E-state index in [1.165, 1.54) is 5.56 Å². The van der Waals surface area contributed by atoms with E-state index in [-0.39, 0.29) is 23.5 Å². The number of hydrogen-bond acceptors (Lipinski definition) is 5. The van der Waals surface area contributed by atoms with Gasteiger partial charge in [0.05, 0.1) is 11.4 Å². The van der Waals surface area contributed by atoms with E-state index >= 15 is 0 Å². The number of benzene rings is 1. The number of hydrogen-bond donors (Lipinski definition) is 2. The summed E-state index contributed by atoms with van der Waals surface area (Å²) < 4.78 is 33.7. The highest BCUT2D eigenvalue weighted by Crippen LogP contribution is 2.20. The molecule has 1 aromatic carbocycles. The molecule has 2 aromatic rings. The molecule has 1 aliphatic rings. The first kappa shape index (κ1) is 22.3. The van der Waals surface area contributed by atoms with Crippen LogP contribution in [0.2, 0.25) is 0 Å². The van der Waals surface area contributed by atoms with E-state index in [1.807, 2.05) is 24.3 Å². The Kier molecular flexibility index (Phi) is 7.14. The predicted molar refractivity (Wildman–Crippen MR) is 114 cm³/mol. The molecule has 1 amide bonds. The SMILES string of the molecule is CCCc1ccc(OCC(=O)N2CCC(NS(=O)(=O)c3c(C)n[nH]c3C)CC2)cc1. The Bertz CT molecular complexity index is 942. The second kappa shape index (κ2) is 9.61. The molecule has 0 atom stereocenters. The number of H-pyrrole nitrogens is 1. The Balaban J connectivity index is 1.47. The van der Waals surface area contributed by atoms with Crippen molar-refractivity contribution in [1.29, 1.82) is 0 Å². The zero-order valence-corrected chi connectivity index (χ0v) is 18.6. The summed E-state index contributed by atoms with van der Waals surface area (Å²) in [4.78, 5) is 14.4. The second-order valence-corrected chi connectivity index (χ2v) is 9.37. The summed E-state index contributed by atoms with van der Waals surface area (Å²) in [5.41, 5.74) is 2.22. The monoisotopic (exact) mass is 434 g/mol. The van der Waals surface area contributed by atoms with Crippen molar-refractivity contribution in [1.82, 2.24) is 19.8 Å². The van der Waals surface area contributed by atoms with E-state index in [0.29, 0.717) is 43.1 Å². The molecule has 2 N–H and O–H groups in total. The average molecular weight is 435 g/mol. The number of aromatic nitrogens is 2. The van der Waals surface area contributed by atoms with Crippen LogP contribution < -0.4 is 9.46 Å². The fourth-order valence-electron chi connectivity index (χ4n) is 3.74. The number of ether oxygens (including phenoxy) is 1. The summed E-state index contributed by atoms with van der Waals surface area (Å²) in [7, 11) is -3.64. The van der Waals surface area contributed by atoms with Crippen molar-refractivity contribution in [2.45, 2.75) is 57.4 Å². The van der Waals surface area contributed by atoms with E-state index in [9.17, 15) is 13.2 Å². The first-order chi connectivity index (χ1) is 14.3. The molecule has 1 fully saturated rings. The van der Waals surface area contributed by atoms with E-state index < -0.39 is 10.0 Å². The van der Waals surface area contributed by atoms with Gasteiger partial charge in [0, 0.05) is 19.1 Å². The fraction of sp³-hybridized carbons (Fsp3) is 0.524. The summed E-state index contributed by atoms with van der Waals surface area (Å²) in [5.74, 6) is 0.590. The predicted octanol–water partition coefficient (Wildman–Crippen LogP) is 2.33. The topological polar surface area (TPSA) is 104 Å². The smallest absolute Gasteiger partial charge is 0.260 e. The van der Waals surface area contributed by atoms with Crippen LogP contribution in [-0.2, 0) is 21.2 Å². The largest absolute Gasteiger partial charge is 0.484 e. The lowest BCUT2D eigenvalue weighted by molar-refractivity contribution is -0.134. The van der Waals surface area contributed by atoms with Crippen LogP contribution in [0.4, 0.5) is 0 Å². The molecule has 0 bridgehead atoms. The van der Waals surface area contributed by atoms with Crippen LogP contribution in [0.5, 0.6) is 5.75 Å². The van der Waals surface area contributed by atoms with Crippen LogP contribution in [0, 0.1) is 13.8 Å². The normalized spacial score (nSPS) is 15.4. The number of aromatic amines is 1. The summed E-state index contributed by atoms with van der Waals surface area (Å²) in [6.45, 7) is 6.46. The third kappa shape index (κ3) is 5.40. The summed E-state index contributed by atoms with van der Waals surface area (Å²) in [6.07, 6.45) is 3.24. The fourth-order valence-corrected chi connectivity index (χ4v) is 5.41. The standard InChI is InChI=1S/C21H30N4O4S/c1-4-5-17-6-8-19(9-7-17)29-14-20(26)25-12-10-18(11-13-25)24-30(27,28)21-15(2)22-23-16(21)3/h6-9,18,24H,4-5,10-14H2,1-3H3,(H,22,23). The molecular weight excluding hydrogens is 404 g/mol. The van der Waals surface area contributed by atoms with Gasteiger partial charge in [0.25, 0.3) is 5.91 Å². The molecule has 0 radical (unpaired) electrons. The molecule has 3 rings (SSSR count). The first-order valence-corrected chi connectivity index (χ1v) is 11.8. The Morgan fingerprint density at radius 2 is 1.90 bits per heavy atom. The number of aryl methyl sites for hydroxylation is 3. The van der Waals surface area contributed by atoms with Crippen molar-refractivity contribution in [2.75, 3.05) is 19.7 Å². The second-order valence-electron chi connectivity index (χ2n) is 7.72. The van der Waals surface area contributed by atoms with Gasteiger partial charge in [0.15, 0.2) is 6.61 Å². The molecule has 0 unspecified atom stereocenters. The van der Waals surface area contributed by atoms with Gasteiger partial charge in [-0.2, -0.15) is 5.10 Å². The quantitative estimate of drug-likeness (QED) is 0.664. The maximum absolute atomic E-state index is 12.7. The Morgan fingerprint density at radius 3 is 2.47 bits per heavy atom. The van der Waals surface area contributed by atoms with Crippen molar-refractivity contribution in [2.24, 2.45) is 0 Å². The van der Waals surface area contributed by atoms with Gasteiger partial charge in [0.2, 0.25) is 10.0 Å².